The summed E-state index contributed by atoms with van der Waals surface area (Å²) < 4.78 is 6.42. The predicted octanol–water partition coefficient (Wildman–Crippen LogP) is 11.3. The number of pyridine rings is 1. The van der Waals surface area contributed by atoms with Crippen molar-refractivity contribution in [1.29, 1.82) is 0 Å². The average molecular weight is 602 g/mol. The first-order valence-corrected chi connectivity index (χ1v) is 15.7. The molecule has 6 aromatic carbocycles. The van der Waals surface area contributed by atoms with E-state index >= 15 is 0 Å². The normalized spacial score (nSPS) is 11.4. The Morgan fingerprint density at radius 3 is 1.96 bits per heavy atom. The van der Waals surface area contributed by atoms with Gasteiger partial charge in [0.05, 0.1) is 17.0 Å². The molecule has 3 heterocycles. The molecule has 0 atom stereocenters. The van der Waals surface area contributed by atoms with Gasteiger partial charge in [-0.3, -0.25) is 4.98 Å². The zero-order valence-electron chi connectivity index (χ0n) is 25.3. The Balaban J connectivity index is 1.21. The first kappa shape index (κ1) is 27.0. The second-order valence-corrected chi connectivity index (χ2v) is 11.7. The van der Waals surface area contributed by atoms with Crippen molar-refractivity contribution in [2.75, 3.05) is 0 Å². The third-order valence-electron chi connectivity index (χ3n) is 8.81. The zero-order chi connectivity index (χ0) is 31.2. The van der Waals surface area contributed by atoms with Gasteiger partial charge in [0, 0.05) is 39.9 Å². The van der Waals surface area contributed by atoms with Gasteiger partial charge in [-0.25, -0.2) is 9.97 Å². The summed E-state index contributed by atoms with van der Waals surface area (Å²) in [7, 11) is 0. The van der Waals surface area contributed by atoms with Gasteiger partial charge in [0.25, 0.3) is 0 Å². The molecule has 0 aliphatic rings. The molecule has 3 aromatic heterocycles. The van der Waals surface area contributed by atoms with Crippen molar-refractivity contribution in [2.24, 2.45) is 0 Å². The molecular weight excluding hydrogens is 574 g/mol. The van der Waals surface area contributed by atoms with E-state index in [0.717, 1.165) is 66.7 Å². The summed E-state index contributed by atoms with van der Waals surface area (Å²) in [6.45, 7) is 0. The lowest BCUT2D eigenvalue weighted by molar-refractivity contribution is 0.669. The number of benzene rings is 6. The highest BCUT2D eigenvalue weighted by atomic mass is 16.3. The molecule has 0 N–H and O–H groups in total. The smallest absolute Gasteiger partial charge is 0.164 e. The SMILES string of the molecule is c1cncc(-c2cccc(-c3cc(-c4ccc(-c5cccc6ccccc56)cc4)nc(-c4cccc5c4oc4ccccc45)n3)c2)c1. The largest absolute Gasteiger partial charge is 0.455 e. The van der Waals surface area contributed by atoms with Crippen LogP contribution in [0.2, 0.25) is 0 Å². The lowest BCUT2D eigenvalue weighted by Gasteiger charge is -2.12. The Kier molecular flexibility index (Phi) is 6.43. The summed E-state index contributed by atoms with van der Waals surface area (Å²) in [6, 6.07) is 52.5. The predicted molar refractivity (Wildman–Crippen MR) is 192 cm³/mol. The maximum absolute atomic E-state index is 6.42. The van der Waals surface area contributed by atoms with Crippen molar-refractivity contribution in [3.05, 3.63) is 164 Å². The maximum atomic E-state index is 6.42. The highest BCUT2D eigenvalue weighted by Gasteiger charge is 2.17. The molecule has 4 nitrogen and oxygen atoms in total. The number of para-hydroxylation sites is 2. The summed E-state index contributed by atoms with van der Waals surface area (Å²) >= 11 is 0. The fourth-order valence-electron chi connectivity index (χ4n) is 6.48. The van der Waals surface area contributed by atoms with Crippen LogP contribution in [0.4, 0.5) is 0 Å². The van der Waals surface area contributed by atoms with Crippen LogP contribution in [0, 0.1) is 0 Å². The minimum absolute atomic E-state index is 0.618. The molecule has 47 heavy (non-hydrogen) atoms. The van der Waals surface area contributed by atoms with Crippen LogP contribution in [0.1, 0.15) is 0 Å². The van der Waals surface area contributed by atoms with Crippen molar-refractivity contribution >= 4 is 32.7 Å². The van der Waals surface area contributed by atoms with Crippen LogP contribution in [0.3, 0.4) is 0 Å². The number of aromatic nitrogens is 3. The number of hydrogen-bond acceptors (Lipinski definition) is 4. The summed E-state index contributed by atoms with van der Waals surface area (Å²) in [6.07, 6.45) is 3.68. The number of furan rings is 1. The Morgan fingerprint density at radius 2 is 1.09 bits per heavy atom. The van der Waals surface area contributed by atoms with E-state index in [4.69, 9.17) is 14.4 Å². The highest BCUT2D eigenvalue weighted by molar-refractivity contribution is 6.09. The Labute approximate surface area is 271 Å². The average Bonchev–Trinajstić information content (AvgIpc) is 3.54. The maximum Gasteiger partial charge on any atom is 0.164 e. The fraction of sp³-hybridized carbons (Fsp3) is 0. The quantitative estimate of drug-likeness (QED) is 0.197. The van der Waals surface area contributed by atoms with E-state index in [-0.39, 0.29) is 0 Å². The van der Waals surface area contributed by atoms with Gasteiger partial charge in [0.15, 0.2) is 5.82 Å². The summed E-state index contributed by atoms with van der Waals surface area (Å²) in [5.41, 5.74) is 10.7. The molecule has 0 amide bonds. The van der Waals surface area contributed by atoms with Gasteiger partial charge < -0.3 is 4.42 Å². The number of fused-ring (bicyclic) bond motifs is 4. The lowest BCUT2D eigenvalue weighted by atomic mass is 9.96. The molecule has 0 saturated carbocycles. The molecule has 0 fully saturated rings. The van der Waals surface area contributed by atoms with Gasteiger partial charge in [-0.15, -0.1) is 0 Å². The monoisotopic (exact) mass is 601 g/mol. The molecule has 220 valence electrons. The molecular formula is C43H27N3O. The van der Waals surface area contributed by atoms with Crippen LogP contribution in [0.25, 0.3) is 88.9 Å². The molecule has 9 rings (SSSR count). The first-order valence-electron chi connectivity index (χ1n) is 15.7. The van der Waals surface area contributed by atoms with E-state index in [1.54, 1.807) is 6.20 Å². The van der Waals surface area contributed by atoms with E-state index in [1.165, 1.54) is 16.3 Å². The zero-order valence-corrected chi connectivity index (χ0v) is 25.3. The molecule has 0 unspecified atom stereocenters. The van der Waals surface area contributed by atoms with E-state index in [1.807, 2.05) is 36.5 Å². The van der Waals surface area contributed by atoms with Crippen molar-refractivity contribution < 1.29 is 4.42 Å². The van der Waals surface area contributed by atoms with Crippen molar-refractivity contribution in [2.45, 2.75) is 0 Å². The van der Waals surface area contributed by atoms with Crippen LogP contribution >= 0.6 is 0 Å². The van der Waals surface area contributed by atoms with Crippen molar-refractivity contribution in [3.8, 4) is 56.2 Å². The Bertz CT molecular complexity index is 2560. The van der Waals surface area contributed by atoms with Gasteiger partial charge in [-0.1, -0.05) is 121 Å². The topological polar surface area (TPSA) is 51.8 Å². The molecule has 0 aliphatic carbocycles. The molecule has 0 bridgehead atoms. The van der Waals surface area contributed by atoms with E-state index < -0.39 is 0 Å². The minimum Gasteiger partial charge on any atom is -0.455 e. The standard InChI is InChI=1S/C43H27N3O/c1-2-14-34-28(9-1)10-6-16-35(34)29-20-22-30(23-21-29)39-26-40(32-12-5-11-31(25-32)33-13-8-24-44-27-33)46-43(45-39)38-18-7-17-37-36-15-3-4-19-41(36)47-42(37)38/h1-27H. The molecule has 9 aromatic rings. The molecule has 0 radical (unpaired) electrons. The molecule has 0 aliphatic heterocycles. The second kappa shape index (κ2) is 11.2. The molecule has 0 spiro atoms. The minimum atomic E-state index is 0.618. The number of hydrogen-bond donors (Lipinski definition) is 0. The van der Waals surface area contributed by atoms with Gasteiger partial charge in [-0.05, 0) is 57.8 Å². The van der Waals surface area contributed by atoms with Crippen LogP contribution in [-0.2, 0) is 0 Å². The lowest BCUT2D eigenvalue weighted by Crippen LogP contribution is -1.96. The fourth-order valence-corrected chi connectivity index (χ4v) is 6.48. The van der Waals surface area contributed by atoms with Crippen LogP contribution < -0.4 is 0 Å². The van der Waals surface area contributed by atoms with Crippen molar-refractivity contribution in [1.82, 2.24) is 15.0 Å². The second-order valence-electron chi connectivity index (χ2n) is 11.7. The molecule has 0 saturated heterocycles. The summed E-state index contributed by atoms with van der Waals surface area (Å²) in [5, 5.41) is 4.59. The van der Waals surface area contributed by atoms with E-state index in [9.17, 15) is 0 Å². The van der Waals surface area contributed by atoms with Gasteiger partial charge >= 0.3 is 0 Å². The van der Waals surface area contributed by atoms with Gasteiger partial charge in [0.2, 0.25) is 0 Å². The Hall–Kier alpha value is -6.39. The van der Waals surface area contributed by atoms with E-state index in [0.29, 0.717) is 5.82 Å². The van der Waals surface area contributed by atoms with Gasteiger partial charge in [0.1, 0.15) is 11.2 Å². The summed E-state index contributed by atoms with van der Waals surface area (Å²) in [4.78, 5) is 14.7. The van der Waals surface area contributed by atoms with Crippen LogP contribution in [-0.4, -0.2) is 15.0 Å². The summed E-state index contributed by atoms with van der Waals surface area (Å²) in [5.74, 6) is 0.618. The number of rotatable bonds is 5. The third-order valence-corrected chi connectivity index (χ3v) is 8.81. The van der Waals surface area contributed by atoms with E-state index in [2.05, 4.69) is 126 Å². The van der Waals surface area contributed by atoms with Gasteiger partial charge in [-0.2, -0.15) is 0 Å². The van der Waals surface area contributed by atoms with Crippen LogP contribution in [0.5, 0.6) is 0 Å². The van der Waals surface area contributed by atoms with Crippen LogP contribution in [0.15, 0.2) is 168 Å². The number of nitrogens with zero attached hydrogens (tertiary/aromatic N) is 3. The Morgan fingerprint density at radius 1 is 0.426 bits per heavy atom. The first-order chi connectivity index (χ1) is 23.3. The van der Waals surface area contributed by atoms with Crippen molar-refractivity contribution in [3.63, 3.8) is 0 Å². The third kappa shape index (κ3) is 4.84. The highest BCUT2D eigenvalue weighted by Crippen LogP contribution is 2.37. The molecule has 4 heteroatoms.